The summed E-state index contributed by atoms with van der Waals surface area (Å²) in [5, 5.41) is 91.2. The van der Waals surface area contributed by atoms with Gasteiger partial charge in [0.1, 0.15) is 31.0 Å². The topological polar surface area (TPSA) is 268 Å². The Bertz CT molecular complexity index is 1510. The summed E-state index contributed by atoms with van der Waals surface area (Å²) in [7, 11) is 0. The number of rotatable bonds is 50. The standard InChI is InChI=1S/C60H112O17/c1-4-7-10-13-16-19-22-25-28-31-34-37-40-43-51(64)74-58(70)55(68)50(47-62)73-60(77-57(48-63)56(69)54(67)49(46-61)72-57,76-53(66)45-42-39-36-33-30-27-24-21-18-15-12-9-6-3)59(58,71)75-52(65)44-41-38-35-32-29-26-23-20-17-14-11-8-5-2/h49-50,54-56,61-63,67-71H,4-48H2,1-3H3/t49-,50-,54-,55-,56+,57?,58-,59+,60+/m1/s1. The van der Waals surface area contributed by atoms with Crippen molar-refractivity contribution in [3.05, 3.63) is 0 Å². The Morgan fingerprint density at radius 2 is 0.688 bits per heavy atom. The van der Waals surface area contributed by atoms with Crippen LogP contribution in [-0.2, 0) is 42.8 Å². The third-order valence-electron chi connectivity index (χ3n) is 15.6. The first-order chi connectivity index (χ1) is 37.2. The van der Waals surface area contributed by atoms with Gasteiger partial charge in [-0.3, -0.25) is 19.1 Å². The van der Waals surface area contributed by atoms with Crippen LogP contribution in [0.25, 0.3) is 0 Å². The summed E-state index contributed by atoms with van der Waals surface area (Å²) in [6.45, 7) is 3.04. The van der Waals surface area contributed by atoms with Crippen LogP contribution in [0, 0.1) is 0 Å². The number of unbranched alkanes of at least 4 members (excludes halogenated alkanes) is 36. The minimum absolute atomic E-state index is 0.228. The van der Waals surface area contributed by atoms with Crippen LogP contribution in [0.2, 0.25) is 0 Å². The highest BCUT2D eigenvalue weighted by Crippen LogP contribution is 2.51. The predicted molar refractivity (Wildman–Crippen MR) is 295 cm³/mol. The van der Waals surface area contributed by atoms with Crippen molar-refractivity contribution in [2.24, 2.45) is 0 Å². The van der Waals surface area contributed by atoms with Crippen molar-refractivity contribution in [2.75, 3.05) is 19.8 Å². The molecule has 17 heteroatoms. The molecule has 0 saturated carbocycles. The lowest BCUT2D eigenvalue weighted by atomic mass is 9.88. The molecule has 9 atom stereocenters. The third kappa shape index (κ3) is 25.3. The smallest absolute Gasteiger partial charge is 0.409 e. The number of esters is 3. The first kappa shape index (κ1) is 71.1. The molecule has 0 spiro atoms. The van der Waals surface area contributed by atoms with E-state index in [-0.39, 0.29) is 32.1 Å². The van der Waals surface area contributed by atoms with E-state index in [1.807, 2.05) is 0 Å². The molecule has 2 rings (SSSR count). The molecule has 8 N–H and O–H groups in total. The van der Waals surface area contributed by atoms with E-state index in [0.29, 0.717) is 19.3 Å². The van der Waals surface area contributed by atoms with Crippen molar-refractivity contribution in [3.63, 3.8) is 0 Å². The molecule has 0 aromatic heterocycles. The van der Waals surface area contributed by atoms with Gasteiger partial charge in [-0.2, -0.15) is 0 Å². The molecular formula is C60H112O17. The van der Waals surface area contributed by atoms with E-state index in [0.717, 1.165) is 96.3 Å². The second kappa shape index (κ2) is 41.9. The van der Waals surface area contributed by atoms with Crippen LogP contribution >= 0.6 is 0 Å². The fraction of sp³-hybridized carbons (Fsp3) is 0.950. The van der Waals surface area contributed by atoms with Gasteiger partial charge in [-0.1, -0.05) is 252 Å². The molecule has 0 aliphatic carbocycles. The fourth-order valence-corrected chi connectivity index (χ4v) is 10.6. The van der Waals surface area contributed by atoms with Gasteiger partial charge >= 0.3 is 35.5 Å². The Morgan fingerprint density at radius 1 is 0.390 bits per heavy atom. The summed E-state index contributed by atoms with van der Waals surface area (Å²) < 4.78 is 34.4. The molecule has 0 bridgehead atoms. The summed E-state index contributed by atoms with van der Waals surface area (Å²) in [4.78, 5) is 41.9. The van der Waals surface area contributed by atoms with Crippen LogP contribution in [0.1, 0.15) is 290 Å². The molecule has 0 aromatic rings. The summed E-state index contributed by atoms with van der Waals surface area (Å²) in [6.07, 6.45) is 28.0. The van der Waals surface area contributed by atoms with Crippen molar-refractivity contribution < 1.29 is 83.7 Å². The fourth-order valence-electron chi connectivity index (χ4n) is 10.6. The molecule has 77 heavy (non-hydrogen) atoms. The molecule has 2 fully saturated rings. The monoisotopic (exact) mass is 1100 g/mol. The number of carbonyl (C=O) groups is 3. The van der Waals surface area contributed by atoms with E-state index in [1.54, 1.807) is 0 Å². The second-order valence-corrected chi connectivity index (χ2v) is 22.4. The highest BCUT2D eigenvalue weighted by atomic mass is 17.0. The number of aliphatic hydroxyl groups excluding tert-OH is 6. The van der Waals surface area contributed by atoms with Crippen LogP contribution in [0.3, 0.4) is 0 Å². The van der Waals surface area contributed by atoms with E-state index in [4.69, 9.17) is 28.4 Å². The van der Waals surface area contributed by atoms with E-state index in [1.165, 1.54) is 116 Å². The molecule has 2 heterocycles. The SMILES string of the molecule is CCCCCCCCCCCCCCCC(=O)O[C@@]1(OC2(CO)O[C@H](CO)[C@@H](O)[C@@H]2O)O[C@H](CO)[C@@H](O)[C@@](O)(OC(=O)CCCCCCCCCCCCCCC)[C@]1(O)OC(=O)CCCCCCCCCCCCCCC. The maximum absolute atomic E-state index is 14.1. The lowest BCUT2D eigenvalue weighted by molar-refractivity contribution is -0.587. The van der Waals surface area contributed by atoms with Gasteiger partial charge in [-0.25, -0.2) is 0 Å². The Morgan fingerprint density at radius 3 is 0.987 bits per heavy atom. The van der Waals surface area contributed by atoms with Gasteiger partial charge in [-0.05, 0) is 19.3 Å². The number of hydrogen-bond donors (Lipinski definition) is 8. The summed E-state index contributed by atoms with van der Waals surface area (Å²) >= 11 is 0. The second-order valence-electron chi connectivity index (χ2n) is 22.4. The van der Waals surface area contributed by atoms with Crippen LogP contribution in [0.5, 0.6) is 0 Å². The maximum Gasteiger partial charge on any atom is 0.409 e. The molecule has 2 saturated heterocycles. The summed E-state index contributed by atoms with van der Waals surface area (Å²) in [5.74, 6) is -18.4. The van der Waals surface area contributed by atoms with Gasteiger partial charge < -0.3 is 64.5 Å². The van der Waals surface area contributed by atoms with Crippen LogP contribution in [0.15, 0.2) is 0 Å². The molecule has 0 aromatic carbocycles. The molecule has 2 aliphatic rings. The number of hydrogen-bond acceptors (Lipinski definition) is 17. The van der Waals surface area contributed by atoms with Crippen LogP contribution in [-0.4, -0.2) is 132 Å². The van der Waals surface area contributed by atoms with E-state index < -0.39 is 98.0 Å². The molecule has 17 nitrogen and oxygen atoms in total. The highest BCUT2D eigenvalue weighted by Gasteiger charge is 2.83. The zero-order valence-electron chi connectivity index (χ0n) is 48.5. The van der Waals surface area contributed by atoms with Gasteiger partial charge in [0.2, 0.25) is 5.79 Å². The van der Waals surface area contributed by atoms with Gasteiger partial charge in [0.05, 0.1) is 13.2 Å². The van der Waals surface area contributed by atoms with Crippen molar-refractivity contribution in [1.82, 2.24) is 0 Å². The molecule has 0 amide bonds. The average Bonchev–Trinajstić information content (AvgIpc) is 3.67. The summed E-state index contributed by atoms with van der Waals surface area (Å²) in [5.41, 5.74) is 0. The first-order valence-corrected chi connectivity index (χ1v) is 31.2. The van der Waals surface area contributed by atoms with Gasteiger partial charge in [-0.15, -0.1) is 0 Å². The van der Waals surface area contributed by atoms with Crippen molar-refractivity contribution >= 4 is 17.9 Å². The van der Waals surface area contributed by atoms with Crippen molar-refractivity contribution in [2.45, 2.75) is 344 Å². The maximum atomic E-state index is 14.1. The van der Waals surface area contributed by atoms with Gasteiger partial charge in [0.15, 0.2) is 6.10 Å². The normalized spacial score (nSPS) is 26.3. The third-order valence-corrected chi connectivity index (χ3v) is 15.6. The highest BCUT2D eigenvalue weighted by molar-refractivity contribution is 5.72. The molecule has 1 unspecified atom stereocenters. The predicted octanol–water partition coefficient (Wildman–Crippen LogP) is 10.7. The molecular weight excluding hydrogens is 993 g/mol. The molecule has 454 valence electrons. The van der Waals surface area contributed by atoms with Gasteiger partial charge in [0, 0.05) is 19.3 Å². The van der Waals surface area contributed by atoms with E-state index in [2.05, 4.69) is 20.8 Å². The number of ether oxygens (including phenoxy) is 6. The largest absolute Gasteiger partial charge is 0.422 e. The quantitative estimate of drug-likeness (QED) is 0.0122. The van der Waals surface area contributed by atoms with Crippen LogP contribution in [0.4, 0.5) is 0 Å². The molecule has 2 aliphatic heterocycles. The van der Waals surface area contributed by atoms with Crippen molar-refractivity contribution in [1.29, 1.82) is 0 Å². The average molecular weight is 1110 g/mol. The molecule has 0 radical (unpaired) electrons. The first-order valence-electron chi connectivity index (χ1n) is 31.2. The lowest BCUT2D eigenvalue weighted by Crippen LogP contribution is -2.84. The minimum atomic E-state index is -4.09. The van der Waals surface area contributed by atoms with Gasteiger partial charge in [0.25, 0.3) is 0 Å². The lowest BCUT2D eigenvalue weighted by Gasteiger charge is -2.56. The zero-order chi connectivity index (χ0) is 56.7. The Kier molecular flexibility index (Phi) is 38.7. The number of aliphatic hydroxyl groups is 8. The minimum Gasteiger partial charge on any atom is -0.422 e. The Labute approximate surface area is 464 Å². The van der Waals surface area contributed by atoms with E-state index >= 15 is 0 Å². The zero-order valence-corrected chi connectivity index (χ0v) is 48.5. The Balaban J connectivity index is 2.36. The number of carbonyl (C=O) groups excluding carboxylic acids is 3. The Hall–Kier alpha value is -2.03. The van der Waals surface area contributed by atoms with E-state index in [9.17, 15) is 55.2 Å². The van der Waals surface area contributed by atoms with Crippen molar-refractivity contribution in [3.8, 4) is 0 Å². The summed E-state index contributed by atoms with van der Waals surface area (Å²) in [6, 6.07) is 0. The van der Waals surface area contributed by atoms with Crippen LogP contribution < -0.4 is 0 Å².